The normalized spacial score (nSPS) is 25.8. The van der Waals surface area contributed by atoms with E-state index in [-0.39, 0.29) is 48.3 Å². The van der Waals surface area contributed by atoms with Gasteiger partial charge in [0.15, 0.2) is 0 Å². The van der Waals surface area contributed by atoms with Gasteiger partial charge in [0, 0.05) is 42.7 Å². The Morgan fingerprint density at radius 3 is 2.47 bits per heavy atom. The molecule has 47 heavy (non-hydrogen) atoms. The van der Waals surface area contributed by atoms with Crippen LogP contribution in [0.5, 0.6) is 5.88 Å². The van der Waals surface area contributed by atoms with Gasteiger partial charge in [0.05, 0.1) is 10.7 Å². The van der Waals surface area contributed by atoms with Crippen molar-refractivity contribution in [1.82, 2.24) is 20.3 Å². The number of halogens is 2. The number of pyridine rings is 1. The molecule has 4 aliphatic rings. The summed E-state index contributed by atoms with van der Waals surface area (Å²) in [5, 5.41) is 5.37. The average molecular weight is 673 g/mol. The summed E-state index contributed by atoms with van der Waals surface area (Å²) in [5.74, 6) is -1.30. The highest BCUT2D eigenvalue weighted by atomic mass is 32.2. The Bertz CT molecular complexity index is 1660. The first-order valence-electron chi connectivity index (χ1n) is 16.9. The van der Waals surface area contributed by atoms with Gasteiger partial charge >= 0.3 is 0 Å². The quantitative estimate of drug-likeness (QED) is 0.312. The number of sulfonamides is 1. The van der Waals surface area contributed by atoms with E-state index in [0.29, 0.717) is 41.5 Å². The van der Waals surface area contributed by atoms with Crippen molar-refractivity contribution in [3.8, 4) is 17.0 Å². The van der Waals surface area contributed by atoms with Crippen LogP contribution >= 0.6 is 0 Å². The van der Waals surface area contributed by atoms with Crippen LogP contribution in [0.1, 0.15) is 109 Å². The summed E-state index contributed by atoms with van der Waals surface area (Å²) in [4.78, 5) is 31.0. The highest BCUT2D eigenvalue weighted by Crippen LogP contribution is 2.46. The zero-order valence-electron chi connectivity index (χ0n) is 27.6. The molecular weight excluding hydrogens is 626 g/mol. The van der Waals surface area contributed by atoms with Crippen LogP contribution in [0.4, 0.5) is 8.78 Å². The van der Waals surface area contributed by atoms with Gasteiger partial charge in [-0.3, -0.25) is 14.3 Å². The van der Waals surface area contributed by atoms with Crippen molar-refractivity contribution in [2.75, 3.05) is 6.54 Å². The van der Waals surface area contributed by atoms with Crippen molar-refractivity contribution in [3.63, 3.8) is 0 Å². The number of benzene rings is 1. The lowest BCUT2D eigenvalue weighted by atomic mass is 9.74. The lowest BCUT2D eigenvalue weighted by molar-refractivity contribution is -0.133. The largest absolute Gasteiger partial charge is 0.474 e. The first-order chi connectivity index (χ1) is 22.1. The van der Waals surface area contributed by atoms with Gasteiger partial charge in [-0.15, -0.1) is 0 Å². The molecule has 0 radical (unpaired) electrons. The molecule has 0 unspecified atom stereocenters. The topological polar surface area (TPSA) is 126 Å². The highest BCUT2D eigenvalue weighted by molar-refractivity contribution is 7.90. The van der Waals surface area contributed by atoms with Crippen molar-refractivity contribution in [3.05, 3.63) is 47.4 Å². The number of rotatable bonds is 10. The van der Waals surface area contributed by atoms with Gasteiger partial charge in [0.2, 0.25) is 27.5 Å². The number of aromatic nitrogens is 1. The summed E-state index contributed by atoms with van der Waals surface area (Å²) in [6.45, 7) is 6.25. The molecule has 256 valence electrons. The minimum atomic E-state index is -3.87. The molecule has 2 amide bonds. The summed E-state index contributed by atoms with van der Waals surface area (Å²) in [5.41, 5.74) is -1.32. The Kier molecular flexibility index (Phi) is 8.91. The number of carbonyl (C=O) groups excluding carboxylic acids is 2. The van der Waals surface area contributed by atoms with Crippen LogP contribution in [-0.2, 0) is 25.0 Å². The third kappa shape index (κ3) is 6.51. The number of hydrogen-bond acceptors (Lipinski definition) is 7. The van der Waals surface area contributed by atoms with E-state index in [0.717, 1.165) is 38.5 Å². The number of ether oxygens (including phenoxy) is 1. The lowest BCUT2D eigenvalue weighted by Gasteiger charge is -2.38. The van der Waals surface area contributed by atoms with E-state index in [1.165, 1.54) is 26.1 Å². The number of amides is 2. The predicted molar refractivity (Wildman–Crippen MR) is 175 cm³/mol. The first-order valence-corrected chi connectivity index (χ1v) is 18.4. The van der Waals surface area contributed by atoms with Crippen LogP contribution in [0.3, 0.4) is 0 Å². The number of nitrogens with zero attached hydrogens (tertiary/aromatic N) is 1. The molecule has 3 atom stereocenters. The molecule has 3 aliphatic carbocycles. The van der Waals surface area contributed by atoms with E-state index in [9.17, 15) is 18.0 Å². The molecule has 0 bridgehead atoms. The van der Waals surface area contributed by atoms with Gasteiger partial charge in [0.25, 0.3) is 5.91 Å². The number of nitrogens with one attached hydrogen (secondary N) is 3. The molecule has 6 rings (SSSR count). The monoisotopic (exact) mass is 672 g/mol. The average Bonchev–Trinajstić information content (AvgIpc) is 3.57. The van der Waals surface area contributed by atoms with Crippen molar-refractivity contribution in [2.45, 2.75) is 132 Å². The van der Waals surface area contributed by atoms with E-state index in [4.69, 9.17) is 4.74 Å². The minimum absolute atomic E-state index is 0.0276. The van der Waals surface area contributed by atoms with E-state index in [2.05, 4.69) is 20.3 Å². The predicted octanol–water partition coefficient (Wildman–Crippen LogP) is 5.33. The second kappa shape index (κ2) is 12.4. The summed E-state index contributed by atoms with van der Waals surface area (Å²) < 4.78 is 64.7. The fourth-order valence-electron chi connectivity index (χ4n) is 7.23. The summed E-state index contributed by atoms with van der Waals surface area (Å²) in [6.07, 6.45) is 8.60. The Labute approximate surface area is 276 Å². The summed E-state index contributed by atoms with van der Waals surface area (Å²) in [6, 6.07) is 6.38. The molecule has 1 aliphatic heterocycles. The van der Waals surface area contributed by atoms with Crippen molar-refractivity contribution in [2.24, 2.45) is 0 Å². The maximum Gasteiger partial charge on any atom is 0.259 e. The van der Waals surface area contributed by atoms with Gasteiger partial charge < -0.3 is 15.4 Å². The molecular formula is C35H46F2N4O5S. The second-order valence-corrected chi connectivity index (χ2v) is 17.1. The number of alkyl halides is 1. The lowest BCUT2D eigenvalue weighted by Crippen LogP contribution is -2.49. The highest BCUT2D eigenvalue weighted by Gasteiger charge is 2.55. The van der Waals surface area contributed by atoms with Gasteiger partial charge in [-0.05, 0) is 107 Å². The van der Waals surface area contributed by atoms with Gasteiger partial charge in [-0.1, -0.05) is 18.6 Å². The number of hydrogen-bond donors (Lipinski definition) is 3. The molecule has 1 saturated heterocycles. The molecule has 3 saturated carbocycles. The smallest absolute Gasteiger partial charge is 0.259 e. The zero-order chi connectivity index (χ0) is 33.8. The third-order valence-corrected chi connectivity index (χ3v) is 12.6. The van der Waals surface area contributed by atoms with E-state index in [1.54, 1.807) is 26.0 Å². The zero-order valence-corrected chi connectivity index (χ0v) is 28.4. The molecule has 12 heteroatoms. The van der Waals surface area contributed by atoms with Crippen LogP contribution in [0.25, 0.3) is 11.1 Å². The van der Waals surface area contributed by atoms with Gasteiger partial charge in [-0.2, -0.15) is 0 Å². The first kappa shape index (κ1) is 33.8. The minimum Gasteiger partial charge on any atom is -0.474 e. The molecule has 1 spiro atoms. The fourth-order valence-corrected chi connectivity index (χ4v) is 7.98. The Morgan fingerprint density at radius 1 is 1.11 bits per heavy atom. The van der Waals surface area contributed by atoms with Gasteiger partial charge in [-0.25, -0.2) is 22.2 Å². The second-order valence-electron chi connectivity index (χ2n) is 14.9. The summed E-state index contributed by atoms with van der Waals surface area (Å²) in [7, 11) is -3.87. The van der Waals surface area contributed by atoms with Crippen LogP contribution in [0.15, 0.2) is 30.5 Å². The van der Waals surface area contributed by atoms with Crippen molar-refractivity contribution < 1.29 is 31.5 Å². The summed E-state index contributed by atoms with van der Waals surface area (Å²) >= 11 is 0. The van der Waals surface area contributed by atoms with Crippen LogP contribution in [-0.4, -0.2) is 60.4 Å². The molecule has 1 aromatic carbocycles. The molecule has 4 fully saturated rings. The van der Waals surface area contributed by atoms with E-state index < -0.39 is 38.2 Å². The third-order valence-electron chi connectivity index (χ3n) is 10.9. The molecule has 2 heterocycles. The maximum absolute atomic E-state index is 15.6. The van der Waals surface area contributed by atoms with Crippen LogP contribution in [0.2, 0.25) is 0 Å². The van der Waals surface area contributed by atoms with E-state index in [1.807, 2.05) is 6.07 Å². The Hall–Kier alpha value is -3.12. The van der Waals surface area contributed by atoms with Crippen molar-refractivity contribution >= 4 is 21.8 Å². The van der Waals surface area contributed by atoms with E-state index >= 15 is 8.78 Å². The van der Waals surface area contributed by atoms with Crippen LogP contribution < -0.4 is 20.1 Å². The fraction of sp³-hybridized carbons (Fsp3) is 0.629. The maximum atomic E-state index is 15.6. The van der Waals surface area contributed by atoms with Crippen LogP contribution in [0, 0.1) is 5.82 Å². The molecule has 9 nitrogen and oxygen atoms in total. The standard InChI is InChI=1S/C35H46F2N4O5S/c1-21(2)47(44,45)41-31(42)33(3,4)23-16-27(26-10-6-11-28(36)29(26)22-8-5-9-22)30(38-18-23)46-25-13-12-24(17-25)40-32(43)35(37)19-34(39-20-35)14-7-15-34/h6,10-11,16,18,21-22,24-25,39H,5,7-9,12-15,17,19-20H2,1-4H3,(H,40,43)(H,41,42)/t24-,25-,35+/m1/s1. The van der Waals surface area contributed by atoms with Gasteiger partial charge in [0.1, 0.15) is 11.9 Å². The number of carbonyl (C=O) groups is 2. The Balaban J connectivity index is 1.25. The van der Waals surface area contributed by atoms with Crippen molar-refractivity contribution in [1.29, 1.82) is 0 Å². The molecule has 2 aromatic rings. The molecule has 3 N–H and O–H groups in total. The SMILES string of the molecule is CC(C)S(=O)(=O)NC(=O)C(C)(C)c1cnc(O[C@@H]2CC[C@@H](NC(=O)[C@@]3(F)CNC4(CCC4)C3)C2)c(-c2cccc(F)c2C2CCC2)c1. The Morgan fingerprint density at radius 2 is 1.85 bits per heavy atom. The molecule has 1 aromatic heterocycles.